The number of rotatable bonds is 5. The fourth-order valence-corrected chi connectivity index (χ4v) is 2.24. The van der Waals surface area contributed by atoms with Crippen molar-refractivity contribution in [2.75, 3.05) is 19.0 Å². The fraction of sp³-hybridized carbons (Fsp3) is 0.364. The molecule has 0 saturated carbocycles. The Morgan fingerprint density at radius 1 is 1.38 bits per heavy atom. The first-order valence-electron chi connectivity index (χ1n) is 5.51. The molecule has 0 fully saturated rings. The smallest absolute Gasteiger partial charge is 0.328 e. The number of carbonyl (C=O) groups is 1. The van der Waals surface area contributed by atoms with E-state index in [1.807, 2.05) is 0 Å². The van der Waals surface area contributed by atoms with E-state index in [0.717, 1.165) is 12.1 Å². The van der Waals surface area contributed by atoms with Gasteiger partial charge < -0.3 is 4.90 Å². The minimum atomic E-state index is -4.58. The van der Waals surface area contributed by atoms with Gasteiger partial charge in [-0.25, -0.2) is 0 Å². The fourth-order valence-electron chi connectivity index (χ4n) is 1.56. The van der Waals surface area contributed by atoms with Gasteiger partial charge >= 0.3 is 6.18 Å². The summed E-state index contributed by atoms with van der Waals surface area (Å²) in [6.45, 7) is -1.79. The van der Waals surface area contributed by atoms with Gasteiger partial charge in [0, 0.05) is 34.6 Å². The Morgan fingerprint density at radius 3 is 2.48 bits per heavy atom. The van der Waals surface area contributed by atoms with Gasteiger partial charge in [0.2, 0.25) is 0 Å². The molecule has 5 nitrogen and oxygen atoms in total. The molecule has 0 heterocycles. The van der Waals surface area contributed by atoms with E-state index in [0.29, 0.717) is 4.90 Å². The maximum absolute atomic E-state index is 12.4. The highest BCUT2D eigenvalue weighted by Crippen LogP contribution is 2.24. The van der Waals surface area contributed by atoms with Crippen molar-refractivity contribution in [3.63, 3.8) is 0 Å². The number of nitro benzene ring substituents is 1. The van der Waals surface area contributed by atoms with E-state index in [9.17, 15) is 28.1 Å². The standard InChI is InChI=1S/C11H9BrClF3N2O3/c12-8-3-7(4-9(5-8)18(20)21)10(19)17(2-1-13)6-11(14,15)16/h3-5H,1-2,6H2. The van der Waals surface area contributed by atoms with Crippen LogP contribution in [0.25, 0.3) is 0 Å². The third-order valence-electron chi connectivity index (χ3n) is 2.35. The third-order valence-corrected chi connectivity index (χ3v) is 2.98. The van der Waals surface area contributed by atoms with Crippen molar-refractivity contribution in [2.24, 2.45) is 0 Å². The summed E-state index contributed by atoms with van der Waals surface area (Å²) in [5.74, 6) is -1.16. The molecule has 0 unspecified atom stereocenters. The van der Waals surface area contributed by atoms with Gasteiger partial charge in [-0.1, -0.05) is 15.9 Å². The van der Waals surface area contributed by atoms with Crippen molar-refractivity contribution >= 4 is 39.1 Å². The van der Waals surface area contributed by atoms with Gasteiger partial charge in [0.05, 0.1) is 4.92 Å². The Morgan fingerprint density at radius 2 is 2.00 bits per heavy atom. The second kappa shape index (κ2) is 7.08. The van der Waals surface area contributed by atoms with E-state index in [-0.39, 0.29) is 22.5 Å². The first kappa shape index (κ1) is 17.7. The van der Waals surface area contributed by atoms with Crippen LogP contribution in [0, 0.1) is 10.1 Å². The van der Waals surface area contributed by atoms with Gasteiger partial charge in [-0.2, -0.15) is 13.2 Å². The summed E-state index contributed by atoms with van der Waals surface area (Å²) in [5.41, 5.74) is -0.615. The maximum Gasteiger partial charge on any atom is 0.406 e. The molecule has 0 aliphatic heterocycles. The largest absolute Gasteiger partial charge is 0.406 e. The van der Waals surface area contributed by atoms with Crippen LogP contribution in [-0.2, 0) is 0 Å². The first-order valence-corrected chi connectivity index (χ1v) is 6.84. The summed E-state index contributed by atoms with van der Waals surface area (Å²) in [5, 5.41) is 10.7. The highest BCUT2D eigenvalue weighted by molar-refractivity contribution is 9.10. The number of non-ortho nitro benzene ring substituents is 1. The molecule has 0 aliphatic rings. The van der Waals surface area contributed by atoms with E-state index in [1.165, 1.54) is 6.07 Å². The molecule has 1 aromatic rings. The van der Waals surface area contributed by atoms with Gasteiger partial charge in [0.15, 0.2) is 0 Å². The number of benzene rings is 1. The molecule has 10 heteroatoms. The zero-order chi connectivity index (χ0) is 16.2. The van der Waals surface area contributed by atoms with Crippen LogP contribution in [0.4, 0.5) is 18.9 Å². The first-order chi connectivity index (χ1) is 9.64. The predicted octanol–water partition coefficient (Wildman–Crippen LogP) is 3.60. The van der Waals surface area contributed by atoms with Crippen molar-refractivity contribution in [3.05, 3.63) is 38.3 Å². The minimum absolute atomic E-state index is 0.183. The summed E-state index contributed by atoms with van der Waals surface area (Å²) in [7, 11) is 0. The lowest BCUT2D eigenvalue weighted by Gasteiger charge is -2.23. The molecular formula is C11H9BrClF3N2O3. The third kappa shape index (κ3) is 5.50. The summed E-state index contributed by atoms with van der Waals surface area (Å²) in [6.07, 6.45) is -4.58. The zero-order valence-electron chi connectivity index (χ0n) is 10.4. The summed E-state index contributed by atoms with van der Waals surface area (Å²) >= 11 is 8.37. The number of halogens is 5. The van der Waals surface area contributed by atoms with Gasteiger partial charge in [-0.3, -0.25) is 14.9 Å². The lowest BCUT2D eigenvalue weighted by molar-refractivity contribution is -0.385. The van der Waals surface area contributed by atoms with Crippen LogP contribution >= 0.6 is 27.5 Å². The Labute approximate surface area is 130 Å². The molecular weight excluding hydrogens is 380 g/mol. The quantitative estimate of drug-likeness (QED) is 0.439. The minimum Gasteiger partial charge on any atom is -0.328 e. The molecule has 0 bridgehead atoms. The second-order valence-electron chi connectivity index (χ2n) is 3.99. The van der Waals surface area contributed by atoms with E-state index < -0.39 is 29.2 Å². The summed E-state index contributed by atoms with van der Waals surface area (Å²) in [4.78, 5) is 22.5. The maximum atomic E-state index is 12.4. The van der Waals surface area contributed by atoms with Gasteiger partial charge in [-0.05, 0) is 6.07 Å². The molecule has 0 N–H and O–H groups in total. The Bertz CT molecular complexity index is 554. The molecule has 0 aliphatic carbocycles. The van der Waals surface area contributed by atoms with Crippen LogP contribution in [-0.4, -0.2) is 40.9 Å². The number of nitro groups is 1. The topological polar surface area (TPSA) is 63.4 Å². The molecule has 1 amide bonds. The van der Waals surface area contributed by atoms with Crippen LogP contribution in [0.15, 0.2) is 22.7 Å². The van der Waals surface area contributed by atoms with Crippen LogP contribution in [0.2, 0.25) is 0 Å². The number of carbonyl (C=O) groups excluding carboxylic acids is 1. The van der Waals surface area contributed by atoms with Crippen molar-refractivity contribution in [1.82, 2.24) is 4.90 Å². The number of hydrogen-bond donors (Lipinski definition) is 0. The van der Waals surface area contributed by atoms with Crippen LogP contribution in [0.5, 0.6) is 0 Å². The highest BCUT2D eigenvalue weighted by Gasteiger charge is 2.33. The van der Waals surface area contributed by atoms with Gasteiger partial charge in [-0.15, -0.1) is 11.6 Å². The van der Waals surface area contributed by atoms with Gasteiger partial charge in [0.1, 0.15) is 6.54 Å². The van der Waals surface area contributed by atoms with E-state index in [4.69, 9.17) is 11.6 Å². The number of alkyl halides is 4. The molecule has 0 saturated heterocycles. The van der Waals surface area contributed by atoms with Crippen molar-refractivity contribution in [3.8, 4) is 0 Å². The average molecular weight is 390 g/mol. The van der Waals surface area contributed by atoms with Crippen LogP contribution < -0.4 is 0 Å². The molecule has 0 radical (unpaired) electrons. The molecule has 0 atom stereocenters. The number of amides is 1. The Hall–Kier alpha value is -1.35. The average Bonchev–Trinajstić information content (AvgIpc) is 2.35. The summed E-state index contributed by atoms with van der Waals surface area (Å²) in [6, 6.07) is 3.28. The molecule has 0 spiro atoms. The predicted molar refractivity (Wildman–Crippen MR) is 73.5 cm³/mol. The molecule has 0 aromatic heterocycles. The van der Waals surface area contributed by atoms with Crippen molar-refractivity contribution in [2.45, 2.75) is 6.18 Å². The lowest BCUT2D eigenvalue weighted by atomic mass is 10.1. The van der Waals surface area contributed by atoms with Gasteiger partial charge in [0.25, 0.3) is 11.6 Å². The second-order valence-corrected chi connectivity index (χ2v) is 5.28. The van der Waals surface area contributed by atoms with Crippen molar-refractivity contribution in [1.29, 1.82) is 0 Å². The number of hydrogen-bond acceptors (Lipinski definition) is 3. The van der Waals surface area contributed by atoms with E-state index >= 15 is 0 Å². The highest BCUT2D eigenvalue weighted by atomic mass is 79.9. The van der Waals surface area contributed by atoms with E-state index in [1.54, 1.807) is 0 Å². The molecule has 116 valence electrons. The summed E-state index contributed by atoms with van der Waals surface area (Å²) < 4.78 is 37.5. The number of nitrogens with zero attached hydrogens (tertiary/aromatic N) is 2. The van der Waals surface area contributed by atoms with E-state index in [2.05, 4.69) is 15.9 Å². The normalized spacial score (nSPS) is 11.3. The Balaban J connectivity index is 3.11. The monoisotopic (exact) mass is 388 g/mol. The molecule has 1 rings (SSSR count). The Kier molecular flexibility index (Phi) is 5.97. The molecule has 21 heavy (non-hydrogen) atoms. The molecule has 1 aromatic carbocycles. The lowest BCUT2D eigenvalue weighted by Crippen LogP contribution is -2.40. The zero-order valence-corrected chi connectivity index (χ0v) is 12.7. The van der Waals surface area contributed by atoms with Crippen LogP contribution in [0.1, 0.15) is 10.4 Å². The SMILES string of the molecule is O=C(c1cc(Br)cc([N+](=O)[O-])c1)N(CCCl)CC(F)(F)F. The van der Waals surface area contributed by atoms with Crippen LogP contribution in [0.3, 0.4) is 0 Å². The van der Waals surface area contributed by atoms with Crippen molar-refractivity contribution < 1.29 is 22.9 Å².